The van der Waals surface area contributed by atoms with Crippen LogP contribution in [0.25, 0.3) is 11.4 Å². The third kappa shape index (κ3) is 4.76. The first-order valence-corrected chi connectivity index (χ1v) is 10.2. The summed E-state index contributed by atoms with van der Waals surface area (Å²) in [5.74, 6) is 0.613. The van der Waals surface area contributed by atoms with Crippen LogP contribution in [-0.4, -0.2) is 26.4 Å². The molecule has 1 amide bonds. The van der Waals surface area contributed by atoms with Gasteiger partial charge in [-0.25, -0.2) is 0 Å². The average molecular weight is 442 g/mol. The van der Waals surface area contributed by atoms with E-state index in [4.69, 9.17) is 34.8 Å². The number of benzene rings is 2. The van der Waals surface area contributed by atoms with Gasteiger partial charge in [0, 0.05) is 17.1 Å². The normalized spacial score (nSPS) is 10.8. The van der Waals surface area contributed by atoms with Gasteiger partial charge in [0.25, 0.3) is 0 Å². The van der Waals surface area contributed by atoms with Gasteiger partial charge in [-0.05, 0) is 37.3 Å². The van der Waals surface area contributed by atoms with Gasteiger partial charge >= 0.3 is 0 Å². The van der Waals surface area contributed by atoms with Crippen molar-refractivity contribution < 1.29 is 4.79 Å². The second kappa shape index (κ2) is 8.97. The zero-order chi connectivity index (χ0) is 19.4. The SMILES string of the molecule is CCn1c(SCC(=O)Nc2cc(Cl)ccc2Cl)nnc1-c1ccccc1Cl. The Kier molecular flexibility index (Phi) is 6.65. The number of hydrogen-bond donors (Lipinski definition) is 1. The summed E-state index contributed by atoms with van der Waals surface area (Å²) in [6.07, 6.45) is 0. The van der Waals surface area contributed by atoms with E-state index in [1.165, 1.54) is 11.8 Å². The minimum atomic E-state index is -0.214. The largest absolute Gasteiger partial charge is 0.324 e. The van der Waals surface area contributed by atoms with Gasteiger partial charge in [0.2, 0.25) is 5.91 Å². The second-order valence-corrected chi connectivity index (χ2v) is 7.68. The Bertz CT molecular complexity index is 977. The highest BCUT2D eigenvalue weighted by Gasteiger charge is 2.16. The smallest absolute Gasteiger partial charge is 0.234 e. The molecular formula is C18H15Cl3N4OS. The number of halogens is 3. The lowest BCUT2D eigenvalue weighted by molar-refractivity contribution is -0.113. The molecule has 140 valence electrons. The predicted octanol–water partition coefficient (Wildman–Crippen LogP) is 5.66. The van der Waals surface area contributed by atoms with Crippen molar-refractivity contribution >= 4 is 58.2 Å². The number of carbonyl (C=O) groups excluding carboxylic acids is 1. The molecular weight excluding hydrogens is 427 g/mol. The molecule has 0 unspecified atom stereocenters. The number of nitrogens with zero attached hydrogens (tertiary/aromatic N) is 3. The molecule has 0 aliphatic rings. The predicted molar refractivity (Wildman–Crippen MR) is 112 cm³/mol. The molecule has 1 heterocycles. The number of rotatable bonds is 6. The Balaban J connectivity index is 1.72. The van der Waals surface area contributed by atoms with Crippen LogP contribution in [0.4, 0.5) is 5.69 Å². The van der Waals surface area contributed by atoms with Crippen LogP contribution in [0.2, 0.25) is 15.1 Å². The second-order valence-electron chi connectivity index (χ2n) is 5.49. The Hall–Kier alpha value is -1.73. The molecule has 3 rings (SSSR count). The standard InChI is InChI=1S/C18H15Cl3N4OS/c1-2-25-17(12-5-3-4-6-13(12)20)23-24-18(25)27-10-16(26)22-15-9-11(19)7-8-14(15)21/h3-9H,2,10H2,1H3,(H,22,26). The maximum Gasteiger partial charge on any atom is 0.234 e. The van der Waals surface area contributed by atoms with Gasteiger partial charge < -0.3 is 9.88 Å². The fraction of sp³-hybridized carbons (Fsp3) is 0.167. The maximum atomic E-state index is 12.3. The van der Waals surface area contributed by atoms with Crippen LogP contribution in [-0.2, 0) is 11.3 Å². The monoisotopic (exact) mass is 440 g/mol. The first kappa shape index (κ1) is 20.0. The Morgan fingerprint density at radius 2 is 1.89 bits per heavy atom. The summed E-state index contributed by atoms with van der Waals surface area (Å²) >= 11 is 19.6. The topological polar surface area (TPSA) is 59.8 Å². The van der Waals surface area contributed by atoms with E-state index in [0.29, 0.717) is 38.3 Å². The highest BCUT2D eigenvalue weighted by atomic mass is 35.5. The maximum absolute atomic E-state index is 12.3. The third-order valence-electron chi connectivity index (χ3n) is 3.68. The molecule has 0 fully saturated rings. The van der Waals surface area contributed by atoms with Crippen LogP contribution >= 0.6 is 46.6 Å². The van der Waals surface area contributed by atoms with Crippen molar-refractivity contribution in [3.05, 3.63) is 57.5 Å². The van der Waals surface area contributed by atoms with Gasteiger partial charge in [0.05, 0.1) is 21.5 Å². The van der Waals surface area contributed by atoms with Crippen LogP contribution in [0.5, 0.6) is 0 Å². The zero-order valence-corrected chi connectivity index (χ0v) is 17.3. The molecule has 0 bridgehead atoms. The summed E-state index contributed by atoms with van der Waals surface area (Å²) in [7, 11) is 0. The van der Waals surface area contributed by atoms with E-state index in [2.05, 4.69) is 15.5 Å². The zero-order valence-electron chi connectivity index (χ0n) is 14.2. The van der Waals surface area contributed by atoms with E-state index >= 15 is 0 Å². The van der Waals surface area contributed by atoms with Crippen molar-refractivity contribution in [1.29, 1.82) is 0 Å². The summed E-state index contributed by atoms with van der Waals surface area (Å²) in [5, 5.41) is 13.4. The van der Waals surface area contributed by atoms with Crippen LogP contribution < -0.4 is 5.32 Å². The first-order valence-electron chi connectivity index (χ1n) is 8.05. The lowest BCUT2D eigenvalue weighted by Gasteiger charge is -2.09. The third-order valence-corrected chi connectivity index (χ3v) is 5.54. The molecule has 9 heteroatoms. The Morgan fingerprint density at radius 3 is 2.63 bits per heavy atom. The highest BCUT2D eigenvalue weighted by Crippen LogP contribution is 2.30. The van der Waals surface area contributed by atoms with Crippen LogP contribution in [0.15, 0.2) is 47.6 Å². The first-order chi connectivity index (χ1) is 13.0. The molecule has 0 atom stereocenters. The number of amides is 1. The average Bonchev–Trinajstić information content (AvgIpc) is 3.06. The molecule has 0 saturated heterocycles. The van der Waals surface area contributed by atoms with Gasteiger partial charge in [-0.15, -0.1) is 10.2 Å². The van der Waals surface area contributed by atoms with Gasteiger partial charge in [0.15, 0.2) is 11.0 Å². The van der Waals surface area contributed by atoms with Crippen molar-refractivity contribution in [2.24, 2.45) is 0 Å². The quantitative estimate of drug-likeness (QED) is 0.502. The lowest BCUT2D eigenvalue weighted by atomic mass is 10.2. The Morgan fingerprint density at radius 1 is 1.11 bits per heavy atom. The molecule has 5 nitrogen and oxygen atoms in total. The van der Waals surface area contributed by atoms with Crippen LogP contribution in [0.3, 0.4) is 0 Å². The molecule has 2 aromatic carbocycles. The number of nitrogens with one attached hydrogen (secondary N) is 1. The minimum absolute atomic E-state index is 0.156. The van der Waals surface area contributed by atoms with E-state index < -0.39 is 0 Å². The number of carbonyl (C=O) groups is 1. The molecule has 27 heavy (non-hydrogen) atoms. The lowest BCUT2D eigenvalue weighted by Crippen LogP contribution is -2.15. The molecule has 0 radical (unpaired) electrons. The fourth-order valence-electron chi connectivity index (χ4n) is 2.43. The Labute approximate surface area is 176 Å². The summed E-state index contributed by atoms with van der Waals surface area (Å²) in [4.78, 5) is 12.3. The van der Waals surface area contributed by atoms with E-state index in [0.717, 1.165) is 5.56 Å². The summed E-state index contributed by atoms with van der Waals surface area (Å²) < 4.78 is 1.92. The molecule has 0 aliphatic heterocycles. The van der Waals surface area contributed by atoms with Crippen LogP contribution in [0, 0.1) is 0 Å². The molecule has 3 aromatic rings. The van der Waals surface area contributed by atoms with Crippen molar-refractivity contribution in [2.75, 3.05) is 11.1 Å². The van der Waals surface area contributed by atoms with Gasteiger partial charge in [-0.1, -0.05) is 58.7 Å². The fourth-order valence-corrected chi connectivity index (χ4v) is 3.79. The molecule has 0 saturated carbocycles. The van der Waals surface area contributed by atoms with E-state index in [1.807, 2.05) is 29.7 Å². The van der Waals surface area contributed by atoms with Crippen LogP contribution in [0.1, 0.15) is 6.92 Å². The van der Waals surface area contributed by atoms with Crippen molar-refractivity contribution in [1.82, 2.24) is 14.8 Å². The number of anilines is 1. The summed E-state index contributed by atoms with van der Waals surface area (Å²) in [6.45, 7) is 2.64. The molecule has 0 spiro atoms. The van der Waals surface area contributed by atoms with Crippen molar-refractivity contribution in [3.63, 3.8) is 0 Å². The van der Waals surface area contributed by atoms with Gasteiger partial charge in [-0.2, -0.15) is 0 Å². The number of thioether (sulfide) groups is 1. The minimum Gasteiger partial charge on any atom is -0.324 e. The molecule has 1 aromatic heterocycles. The number of hydrogen-bond acceptors (Lipinski definition) is 4. The van der Waals surface area contributed by atoms with Gasteiger partial charge in [0.1, 0.15) is 0 Å². The summed E-state index contributed by atoms with van der Waals surface area (Å²) in [5.41, 5.74) is 1.28. The summed E-state index contributed by atoms with van der Waals surface area (Å²) in [6, 6.07) is 12.4. The molecule has 1 N–H and O–H groups in total. The van der Waals surface area contributed by atoms with E-state index in [1.54, 1.807) is 24.3 Å². The van der Waals surface area contributed by atoms with E-state index in [9.17, 15) is 4.79 Å². The molecule has 0 aliphatic carbocycles. The van der Waals surface area contributed by atoms with Crippen molar-refractivity contribution in [2.45, 2.75) is 18.6 Å². The van der Waals surface area contributed by atoms with Gasteiger partial charge in [-0.3, -0.25) is 4.79 Å². The van der Waals surface area contributed by atoms with Crippen molar-refractivity contribution in [3.8, 4) is 11.4 Å². The highest BCUT2D eigenvalue weighted by molar-refractivity contribution is 7.99. The number of aromatic nitrogens is 3. The van der Waals surface area contributed by atoms with E-state index in [-0.39, 0.29) is 11.7 Å².